The van der Waals surface area contributed by atoms with Crippen molar-refractivity contribution in [1.82, 2.24) is 14.8 Å². The summed E-state index contributed by atoms with van der Waals surface area (Å²) in [6, 6.07) is 7.30. The van der Waals surface area contributed by atoms with Gasteiger partial charge in [-0.2, -0.15) is 5.10 Å². The van der Waals surface area contributed by atoms with E-state index < -0.39 is 8.07 Å². The Labute approximate surface area is 203 Å². The molecule has 0 amide bonds. The van der Waals surface area contributed by atoms with Crippen LogP contribution < -0.4 is 5.73 Å². The largest absolute Gasteiger partial charge is 0.384 e. The van der Waals surface area contributed by atoms with E-state index in [-0.39, 0.29) is 6.23 Å². The van der Waals surface area contributed by atoms with Gasteiger partial charge in [0.2, 0.25) is 0 Å². The maximum absolute atomic E-state index is 6.71. The number of halogens is 1. The molecule has 33 heavy (non-hydrogen) atoms. The summed E-state index contributed by atoms with van der Waals surface area (Å²) in [7, 11) is -1.45. The number of nitrogen functional groups attached to an aromatic ring is 1. The molecule has 1 saturated heterocycles. The second kappa shape index (κ2) is 9.04. The number of rotatable bonds is 5. The van der Waals surface area contributed by atoms with Gasteiger partial charge in [0.15, 0.2) is 0 Å². The average Bonchev–Trinajstić information content (AvgIpc) is 3.08. The van der Waals surface area contributed by atoms with Crippen molar-refractivity contribution in [2.75, 3.05) is 12.3 Å². The number of ether oxygens (including phenoxy) is 1. The summed E-state index contributed by atoms with van der Waals surface area (Å²) in [4.78, 5) is 4.22. The Kier molecular flexibility index (Phi) is 6.64. The Hall–Kier alpha value is -1.89. The van der Waals surface area contributed by atoms with Crippen LogP contribution in [0.15, 0.2) is 24.4 Å². The lowest BCUT2D eigenvalue weighted by atomic mass is 9.99. The first-order valence-corrected chi connectivity index (χ1v) is 15.6. The highest BCUT2D eigenvalue weighted by atomic mass is 35.5. The number of hydrogen-bond acceptors (Lipinski definition) is 4. The van der Waals surface area contributed by atoms with Crippen LogP contribution in [0.4, 0.5) is 5.82 Å². The fourth-order valence-corrected chi connectivity index (χ4v) is 6.39. The van der Waals surface area contributed by atoms with Crippen molar-refractivity contribution in [3.63, 3.8) is 0 Å². The molecule has 3 aromatic rings. The first-order valence-electron chi connectivity index (χ1n) is 12.0. The van der Waals surface area contributed by atoms with Gasteiger partial charge in [-0.25, -0.2) is 9.67 Å². The quantitative estimate of drug-likeness (QED) is 0.383. The lowest BCUT2D eigenvalue weighted by molar-refractivity contribution is -0.0407. The Balaban J connectivity index is 1.82. The van der Waals surface area contributed by atoms with Crippen LogP contribution in [0.25, 0.3) is 21.9 Å². The number of nitrogens with two attached hydrogens (primary N) is 1. The SMILES string of the molecule is Cc1c(-c2cc(Cl)c3cnc(N)cc3c2)c(CC[Si](C)(C)C(C)(C)C)nn1C1CCCCO1. The van der Waals surface area contributed by atoms with Gasteiger partial charge in [0.05, 0.1) is 18.8 Å². The molecule has 2 aromatic heterocycles. The van der Waals surface area contributed by atoms with Crippen LogP contribution in [-0.4, -0.2) is 29.4 Å². The zero-order valence-corrected chi connectivity index (χ0v) is 22.6. The summed E-state index contributed by atoms with van der Waals surface area (Å²) in [6.45, 7) is 15.1. The van der Waals surface area contributed by atoms with E-state index in [4.69, 9.17) is 27.2 Å². The molecule has 0 radical (unpaired) electrons. The lowest BCUT2D eigenvalue weighted by Gasteiger charge is -2.37. The van der Waals surface area contributed by atoms with Gasteiger partial charge >= 0.3 is 0 Å². The molecule has 1 aliphatic heterocycles. The van der Waals surface area contributed by atoms with Crippen LogP contribution >= 0.6 is 11.6 Å². The molecule has 1 fully saturated rings. The number of benzene rings is 1. The average molecular weight is 485 g/mol. The standard InChI is InChI=1S/C26H37ClN4OSi/c1-17-25(19-13-18-15-23(28)29-16-20(18)21(27)14-19)22(10-12-33(5,6)26(2,3)4)30-31(17)24-9-7-8-11-32-24/h13-16,24H,7-12H2,1-6H3,(H2,28,29). The van der Waals surface area contributed by atoms with E-state index in [1.807, 2.05) is 12.1 Å². The molecule has 0 aliphatic carbocycles. The van der Waals surface area contributed by atoms with E-state index in [9.17, 15) is 0 Å². The molecule has 4 rings (SSSR count). The number of pyridine rings is 1. The van der Waals surface area contributed by atoms with Crippen LogP contribution in [0, 0.1) is 6.92 Å². The van der Waals surface area contributed by atoms with E-state index >= 15 is 0 Å². The minimum Gasteiger partial charge on any atom is -0.384 e. The third-order valence-electron chi connectivity index (χ3n) is 7.76. The van der Waals surface area contributed by atoms with Crippen molar-refractivity contribution in [3.05, 3.63) is 40.8 Å². The molecule has 178 valence electrons. The van der Waals surface area contributed by atoms with Crippen LogP contribution in [0.1, 0.15) is 57.6 Å². The van der Waals surface area contributed by atoms with E-state index in [0.29, 0.717) is 15.9 Å². The Morgan fingerprint density at radius 2 is 1.97 bits per heavy atom. The van der Waals surface area contributed by atoms with Crippen molar-refractivity contribution in [3.8, 4) is 11.1 Å². The maximum Gasteiger partial charge on any atom is 0.150 e. The molecule has 5 nitrogen and oxygen atoms in total. The number of nitrogens with zero attached hydrogens (tertiary/aromatic N) is 3. The van der Waals surface area contributed by atoms with Crippen molar-refractivity contribution < 1.29 is 4.74 Å². The smallest absolute Gasteiger partial charge is 0.150 e. The van der Waals surface area contributed by atoms with Gasteiger partial charge in [-0.1, -0.05) is 51.5 Å². The number of fused-ring (bicyclic) bond motifs is 1. The number of hydrogen-bond donors (Lipinski definition) is 1. The highest BCUT2D eigenvalue weighted by molar-refractivity contribution is 6.80. The van der Waals surface area contributed by atoms with E-state index in [0.717, 1.165) is 53.6 Å². The molecule has 1 aromatic carbocycles. The molecular formula is C26H37ClN4OSi. The van der Waals surface area contributed by atoms with Gasteiger partial charge in [-0.3, -0.25) is 0 Å². The molecule has 1 unspecified atom stereocenters. The van der Waals surface area contributed by atoms with Crippen molar-refractivity contribution in [1.29, 1.82) is 0 Å². The zero-order chi connectivity index (χ0) is 24.0. The topological polar surface area (TPSA) is 66.0 Å². The van der Waals surface area contributed by atoms with E-state index in [1.54, 1.807) is 6.20 Å². The minimum atomic E-state index is -1.45. The number of aromatic nitrogens is 3. The van der Waals surface area contributed by atoms with E-state index in [2.05, 4.69) is 56.5 Å². The molecule has 3 heterocycles. The second-order valence-corrected chi connectivity index (χ2v) is 17.3. The highest BCUT2D eigenvalue weighted by Gasteiger charge is 2.35. The fraction of sp³-hybridized carbons (Fsp3) is 0.538. The summed E-state index contributed by atoms with van der Waals surface area (Å²) in [6.07, 6.45) is 6.02. The Bertz CT molecular complexity index is 1160. The van der Waals surface area contributed by atoms with Crippen LogP contribution in [0.3, 0.4) is 0 Å². The van der Waals surface area contributed by atoms with Gasteiger partial charge in [-0.05, 0) is 66.8 Å². The summed E-state index contributed by atoms with van der Waals surface area (Å²) >= 11 is 6.71. The predicted molar refractivity (Wildman–Crippen MR) is 142 cm³/mol. The van der Waals surface area contributed by atoms with Crippen molar-refractivity contribution in [2.45, 2.75) is 83.8 Å². The third-order valence-corrected chi connectivity index (χ3v) is 13.6. The van der Waals surface area contributed by atoms with Gasteiger partial charge in [-0.15, -0.1) is 0 Å². The summed E-state index contributed by atoms with van der Waals surface area (Å²) in [5, 5.41) is 8.10. The minimum absolute atomic E-state index is 0.00916. The summed E-state index contributed by atoms with van der Waals surface area (Å²) in [5.41, 5.74) is 10.5. The first-order chi connectivity index (χ1) is 15.5. The zero-order valence-electron chi connectivity index (χ0n) is 20.8. The molecule has 2 N–H and O–H groups in total. The van der Waals surface area contributed by atoms with Crippen molar-refractivity contribution >= 4 is 36.3 Å². The summed E-state index contributed by atoms with van der Waals surface area (Å²) in [5.74, 6) is 0.497. The van der Waals surface area contributed by atoms with Crippen molar-refractivity contribution in [2.24, 2.45) is 0 Å². The molecule has 0 spiro atoms. The van der Waals surface area contributed by atoms with Gasteiger partial charge in [0.1, 0.15) is 12.0 Å². The maximum atomic E-state index is 6.71. The van der Waals surface area contributed by atoms with Crippen LogP contribution in [0.5, 0.6) is 0 Å². The van der Waals surface area contributed by atoms with Crippen LogP contribution in [-0.2, 0) is 11.2 Å². The Morgan fingerprint density at radius 3 is 2.64 bits per heavy atom. The number of anilines is 1. The highest BCUT2D eigenvalue weighted by Crippen LogP contribution is 2.41. The summed E-state index contributed by atoms with van der Waals surface area (Å²) < 4.78 is 8.24. The molecular weight excluding hydrogens is 448 g/mol. The molecule has 0 saturated carbocycles. The molecule has 1 aliphatic rings. The molecule has 1 atom stereocenters. The molecule has 7 heteroatoms. The monoisotopic (exact) mass is 484 g/mol. The second-order valence-electron chi connectivity index (χ2n) is 11.1. The van der Waals surface area contributed by atoms with Gasteiger partial charge < -0.3 is 10.5 Å². The van der Waals surface area contributed by atoms with Crippen LogP contribution in [0.2, 0.25) is 29.2 Å². The number of aryl methyl sites for hydroxylation is 1. The third kappa shape index (κ3) is 4.84. The predicted octanol–water partition coefficient (Wildman–Crippen LogP) is 7.39. The lowest BCUT2D eigenvalue weighted by Crippen LogP contribution is -2.37. The normalized spacial score (nSPS) is 17.6. The van der Waals surface area contributed by atoms with Gasteiger partial charge in [0.25, 0.3) is 0 Å². The van der Waals surface area contributed by atoms with E-state index in [1.165, 1.54) is 18.0 Å². The first kappa shape index (κ1) is 24.2. The molecule has 0 bridgehead atoms. The fourth-order valence-electron chi connectivity index (χ4n) is 4.51. The van der Waals surface area contributed by atoms with Gasteiger partial charge in [0, 0.05) is 29.4 Å². The Morgan fingerprint density at radius 1 is 1.21 bits per heavy atom.